The van der Waals surface area contributed by atoms with Crippen molar-refractivity contribution in [1.82, 2.24) is 9.78 Å². The van der Waals surface area contributed by atoms with Crippen LogP contribution in [0.2, 0.25) is 0 Å². The molecule has 0 aliphatic carbocycles. The Morgan fingerprint density at radius 2 is 2.58 bits per heavy atom. The van der Waals surface area contributed by atoms with Gasteiger partial charge in [-0.25, -0.2) is 0 Å². The topological polar surface area (TPSA) is 55.1 Å². The Hall–Kier alpha value is -1.16. The maximum Gasteiger partial charge on any atom is 0.148 e. The molecule has 1 aromatic heterocycles. The highest BCUT2D eigenvalue weighted by atomic mass is 16.3. The molecule has 1 N–H and O–H groups in total. The number of hydrogen-bond donors (Lipinski definition) is 1. The third-order valence-electron chi connectivity index (χ3n) is 1.64. The van der Waals surface area contributed by atoms with Crippen LogP contribution >= 0.6 is 0 Å². The third-order valence-corrected chi connectivity index (χ3v) is 1.64. The van der Waals surface area contributed by atoms with E-state index in [4.69, 9.17) is 5.11 Å². The van der Waals surface area contributed by atoms with Crippen molar-refractivity contribution < 1.29 is 9.90 Å². The van der Waals surface area contributed by atoms with Crippen LogP contribution in [0.4, 0.5) is 0 Å². The van der Waals surface area contributed by atoms with Crippen molar-refractivity contribution >= 4 is 6.29 Å². The number of carbonyl (C=O) groups excluding carboxylic acids is 1. The molecule has 0 aliphatic heterocycles. The fraction of sp³-hybridized carbons (Fsp3) is 0.500. The van der Waals surface area contributed by atoms with Crippen LogP contribution in [0.3, 0.4) is 0 Å². The molecule has 1 unspecified atom stereocenters. The lowest BCUT2D eigenvalue weighted by Crippen LogP contribution is -2.08. The summed E-state index contributed by atoms with van der Waals surface area (Å²) in [5.41, 5.74) is 1.04. The average Bonchev–Trinajstić information content (AvgIpc) is 2.47. The van der Waals surface area contributed by atoms with Gasteiger partial charge in [0.15, 0.2) is 0 Å². The Morgan fingerprint density at radius 1 is 1.83 bits per heavy atom. The van der Waals surface area contributed by atoms with E-state index in [0.717, 1.165) is 5.56 Å². The first kappa shape index (κ1) is 8.93. The van der Waals surface area contributed by atoms with Crippen molar-refractivity contribution in [2.75, 3.05) is 0 Å². The molecule has 0 fully saturated rings. The SMILES string of the molecule is Cn1cc(CCC(O)C=O)cn1. The fourth-order valence-corrected chi connectivity index (χ4v) is 0.984. The molecule has 1 aromatic rings. The Kier molecular flexibility index (Phi) is 2.99. The molecule has 66 valence electrons. The van der Waals surface area contributed by atoms with Crippen LogP contribution in [-0.4, -0.2) is 27.3 Å². The van der Waals surface area contributed by atoms with Gasteiger partial charge in [0.1, 0.15) is 12.4 Å². The van der Waals surface area contributed by atoms with Gasteiger partial charge in [0.2, 0.25) is 0 Å². The number of hydrogen-bond acceptors (Lipinski definition) is 3. The van der Waals surface area contributed by atoms with Crippen LogP contribution in [0, 0.1) is 0 Å². The highest BCUT2D eigenvalue weighted by Gasteiger charge is 2.02. The largest absolute Gasteiger partial charge is 0.386 e. The van der Waals surface area contributed by atoms with Crippen LogP contribution in [0.5, 0.6) is 0 Å². The first-order valence-electron chi connectivity index (χ1n) is 3.83. The molecule has 1 atom stereocenters. The second-order valence-electron chi connectivity index (χ2n) is 2.76. The second kappa shape index (κ2) is 4.01. The molecule has 1 heterocycles. The second-order valence-corrected chi connectivity index (χ2v) is 2.76. The minimum Gasteiger partial charge on any atom is -0.386 e. The molecule has 4 heteroatoms. The standard InChI is InChI=1S/C8H12N2O2/c1-10-5-7(4-9-10)2-3-8(12)6-11/h4-6,8,12H,2-3H2,1H3. The van der Waals surface area contributed by atoms with Gasteiger partial charge >= 0.3 is 0 Å². The van der Waals surface area contributed by atoms with Crippen LogP contribution in [0.15, 0.2) is 12.4 Å². The van der Waals surface area contributed by atoms with Crippen LogP contribution in [-0.2, 0) is 18.3 Å². The molecule has 0 saturated heterocycles. The predicted molar refractivity (Wildman–Crippen MR) is 43.6 cm³/mol. The van der Waals surface area contributed by atoms with Gasteiger partial charge in [-0.2, -0.15) is 5.10 Å². The summed E-state index contributed by atoms with van der Waals surface area (Å²) in [4.78, 5) is 10.1. The van der Waals surface area contributed by atoms with E-state index in [1.807, 2.05) is 13.2 Å². The normalized spacial score (nSPS) is 12.8. The number of nitrogens with zero attached hydrogens (tertiary/aromatic N) is 2. The van der Waals surface area contributed by atoms with Gasteiger partial charge in [0.25, 0.3) is 0 Å². The molecule has 12 heavy (non-hydrogen) atoms. The van der Waals surface area contributed by atoms with Crippen molar-refractivity contribution in [3.05, 3.63) is 18.0 Å². The summed E-state index contributed by atoms with van der Waals surface area (Å²) in [7, 11) is 1.83. The summed E-state index contributed by atoms with van der Waals surface area (Å²) < 4.78 is 1.70. The Morgan fingerprint density at radius 3 is 3.08 bits per heavy atom. The minimum absolute atomic E-state index is 0.467. The summed E-state index contributed by atoms with van der Waals surface area (Å²) in [6.45, 7) is 0. The smallest absolute Gasteiger partial charge is 0.148 e. The lowest BCUT2D eigenvalue weighted by molar-refractivity contribution is -0.115. The van der Waals surface area contributed by atoms with Gasteiger partial charge in [0, 0.05) is 13.2 Å². The van der Waals surface area contributed by atoms with Gasteiger partial charge in [-0.05, 0) is 18.4 Å². The number of rotatable bonds is 4. The van der Waals surface area contributed by atoms with E-state index >= 15 is 0 Å². The minimum atomic E-state index is -0.842. The summed E-state index contributed by atoms with van der Waals surface area (Å²) >= 11 is 0. The van der Waals surface area contributed by atoms with E-state index in [0.29, 0.717) is 19.1 Å². The summed E-state index contributed by atoms with van der Waals surface area (Å²) in [5.74, 6) is 0. The van der Waals surface area contributed by atoms with Gasteiger partial charge in [-0.1, -0.05) is 0 Å². The van der Waals surface area contributed by atoms with Gasteiger partial charge in [0.05, 0.1) is 6.20 Å². The molecule has 1 rings (SSSR count). The first-order chi connectivity index (χ1) is 5.72. The highest BCUT2D eigenvalue weighted by molar-refractivity contribution is 5.55. The maximum absolute atomic E-state index is 10.1. The Labute approximate surface area is 70.8 Å². The van der Waals surface area contributed by atoms with Crippen molar-refractivity contribution in [3.63, 3.8) is 0 Å². The zero-order valence-corrected chi connectivity index (χ0v) is 6.97. The van der Waals surface area contributed by atoms with E-state index in [9.17, 15) is 4.79 Å². The molecule has 0 bridgehead atoms. The fourth-order valence-electron chi connectivity index (χ4n) is 0.984. The van der Waals surface area contributed by atoms with Crippen LogP contribution < -0.4 is 0 Å². The van der Waals surface area contributed by atoms with E-state index in [1.165, 1.54) is 0 Å². The number of aliphatic hydroxyl groups is 1. The lowest BCUT2D eigenvalue weighted by atomic mass is 10.1. The Bertz CT molecular complexity index is 257. The lowest BCUT2D eigenvalue weighted by Gasteiger charge is -1.98. The number of aldehydes is 1. The highest BCUT2D eigenvalue weighted by Crippen LogP contribution is 2.02. The quantitative estimate of drug-likeness (QED) is 0.639. The zero-order valence-electron chi connectivity index (χ0n) is 6.97. The molecule has 0 spiro atoms. The van der Waals surface area contributed by atoms with Crippen LogP contribution in [0.25, 0.3) is 0 Å². The molecule has 4 nitrogen and oxygen atoms in total. The van der Waals surface area contributed by atoms with Crippen molar-refractivity contribution in [3.8, 4) is 0 Å². The number of aliphatic hydroxyl groups excluding tert-OH is 1. The summed E-state index contributed by atoms with van der Waals surface area (Å²) in [6.07, 6.45) is 4.47. The van der Waals surface area contributed by atoms with Crippen molar-refractivity contribution in [1.29, 1.82) is 0 Å². The van der Waals surface area contributed by atoms with Gasteiger partial charge < -0.3 is 9.90 Å². The number of aromatic nitrogens is 2. The van der Waals surface area contributed by atoms with Gasteiger partial charge in [-0.3, -0.25) is 4.68 Å². The van der Waals surface area contributed by atoms with Crippen LogP contribution in [0.1, 0.15) is 12.0 Å². The molecule has 0 radical (unpaired) electrons. The number of aryl methyl sites for hydroxylation is 2. The summed E-state index contributed by atoms with van der Waals surface area (Å²) in [6, 6.07) is 0. The monoisotopic (exact) mass is 168 g/mol. The van der Waals surface area contributed by atoms with Gasteiger partial charge in [-0.15, -0.1) is 0 Å². The number of carbonyl (C=O) groups is 1. The maximum atomic E-state index is 10.1. The zero-order chi connectivity index (χ0) is 8.97. The molecule has 0 amide bonds. The predicted octanol–water partition coefficient (Wildman–Crippen LogP) is -0.0875. The summed E-state index contributed by atoms with van der Waals surface area (Å²) in [5, 5.41) is 12.9. The van der Waals surface area contributed by atoms with Crippen molar-refractivity contribution in [2.45, 2.75) is 18.9 Å². The third kappa shape index (κ3) is 2.47. The van der Waals surface area contributed by atoms with E-state index < -0.39 is 6.10 Å². The molecular formula is C8H12N2O2. The molecule has 0 aromatic carbocycles. The van der Waals surface area contributed by atoms with E-state index in [1.54, 1.807) is 10.9 Å². The average molecular weight is 168 g/mol. The van der Waals surface area contributed by atoms with E-state index in [-0.39, 0.29) is 0 Å². The van der Waals surface area contributed by atoms with Crippen molar-refractivity contribution in [2.24, 2.45) is 7.05 Å². The van der Waals surface area contributed by atoms with E-state index in [2.05, 4.69) is 5.10 Å². The molecule has 0 saturated carbocycles. The Balaban J connectivity index is 2.37. The molecule has 0 aliphatic rings. The molecular weight excluding hydrogens is 156 g/mol. The first-order valence-corrected chi connectivity index (χ1v) is 3.83.